The maximum Gasteiger partial charge on any atom is 0.361 e. The number of hydrogen-bond donors (Lipinski definition) is 2. The zero-order valence-corrected chi connectivity index (χ0v) is 16.6. The van der Waals surface area contributed by atoms with Gasteiger partial charge in [0.1, 0.15) is 11.4 Å². The summed E-state index contributed by atoms with van der Waals surface area (Å²) in [6, 6.07) is 0. The van der Waals surface area contributed by atoms with Crippen molar-refractivity contribution < 1.29 is 30.0 Å². The van der Waals surface area contributed by atoms with Gasteiger partial charge in [-0.3, -0.25) is 34.4 Å². The van der Waals surface area contributed by atoms with Gasteiger partial charge in [-0.25, -0.2) is 4.79 Å². The van der Waals surface area contributed by atoms with Gasteiger partial charge >= 0.3 is 17.3 Å². The van der Waals surface area contributed by atoms with Crippen LogP contribution in [-0.2, 0) is 26.8 Å². The third-order valence-corrected chi connectivity index (χ3v) is 3.53. The Morgan fingerprint density at radius 3 is 1.67 bits per heavy atom. The Hall–Kier alpha value is -3.84. The van der Waals surface area contributed by atoms with Crippen LogP contribution in [0.15, 0.2) is 0 Å². The SMILES string of the molecule is [2H]C([2H])(CC)c1nn(C)c(C(=O)O)c1[N+](=O)[O-].[2H]C([2H])(CC)c1nn(C)c(C(N)=O)c1[N+](=O)[O-]. The molecule has 0 aliphatic heterocycles. The molecule has 2 aromatic rings. The van der Waals surface area contributed by atoms with Gasteiger partial charge in [-0.15, -0.1) is 0 Å². The van der Waals surface area contributed by atoms with E-state index in [1.807, 2.05) is 0 Å². The first-order valence-electron chi connectivity index (χ1n) is 10.4. The standard InChI is InChI=1S/C8H12N4O3.C8H11N3O4/c1-3-4-5-6(12(14)15)7(8(9)13)11(2)10-5;1-3-4-5-6(11(14)15)7(8(12)13)10(2)9-5/h3-4H2,1-2H3,(H2,9,13);3-4H2,1-2H3,(H,12,13)/i2*4D2. The van der Waals surface area contributed by atoms with Gasteiger partial charge < -0.3 is 10.8 Å². The predicted molar refractivity (Wildman–Crippen MR) is 103 cm³/mol. The number of nitrogens with two attached hydrogens (primary N) is 1. The van der Waals surface area contributed by atoms with Crippen molar-refractivity contribution in [2.24, 2.45) is 19.8 Å². The molecular weight excluding hydrogens is 402 g/mol. The highest BCUT2D eigenvalue weighted by Gasteiger charge is 2.30. The summed E-state index contributed by atoms with van der Waals surface area (Å²) >= 11 is 0. The number of carbonyl (C=O) groups is 2. The van der Waals surface area contributed by atoms with Crippen LogP contribution in [-0.4, -0.2) is 46.4 Å². The molecule has 0 fully saturated rings. The van der Waals surface area contributed by atoms with Gasteiger partial charge in [-0.1, -0.05) is 26.7 Å². The number of carboxylic acid groups (broad SMARTS) is 1. The molecule has 30 heavy (non-hydrogen) atoms. The van der Waals surface area contributed by atoms with Crippen molar-refractivity contribution in [3.8, 4) is 0 Å². The zero-order chi connectivity index (χ0) is 26.8. The molecule has 0 radical (unpaired) electrons. The highest BCUT2D eigenvalue weighted by atomic mass is 16.6. The van der Waals surface area contributed by atoms with E-state index in [4.69, 9.17) is 16.3 Å². The molecule has 0 aliphatic carbocycles. The maximum atomic E-state index is 11.1. The molecule has 0 saturated heterocycles. The van der Waals surface area contributed by atoms with Crippen LogP contribution in [0, 0.1) is 20.2 Å². The Labute approximate surface area is 176 Å². The molecule has 2 heterocycles. The summed E-state index contributed by atoms with van der Waals surface area (Å²) in [6.07, 6.45) is -4.05. The third kappa shape index (κ3) is 5.15. The van der Waals surface area contributed by atoms with Crippen LogP contribution < -0.4 is 5.73 Å². The Morgan fingerprint density at radius 1 is 1.00 bits per heavy atom. The molecule has 0 aromatic carbocycles. The lowest BCUT2D eigenvalue weighted by atomic mass is 10.2. The van der Waals surface area contributed by atoms with Gasteiger partial charge in [0.15, 0.2) is 0 Å². The summed E-state index contributed by atoms with van der Waals surface area (Å²) < 4.78 is 32.2. The molecule has 2 rings (SSSR count). The van der Waals surface area contributed by atoms with E-state index in [0.717, 1.165) is 9.36 Å². The van der Waals surface area contributed by atoms with Crippen LogP contribution in [0.2, 0.25) is 0 Å². The van der Waals surface area contributed by atoms with Crippen molar-refractivity contribution in [2.75, 3.05) is 0 Å². The quantitative estimate of drug-likeness (QED) is 0.458. The maximum absolute atomic E-state index is 11.1. The second kappa shape index (κ2) is 10.1. The second-order valence-electron chi connectivity index (χ2n) is 5.58. The van der Waals surface area contributed by atoms with Crippen LogP contribution >= 0.6 is 0 Å². The molecule has 1 amide bonds. The average Bonchev–Trinajstić information content (AvgIpc) is 3.26. The molecule has 14 heteroatoms. The number of nitro groups is 2. The molecule has 0 aliphatic rings. The van der Waals surface area contributed by atoms with Crippen molar-refractivity contribution in [1.29, 1.82) is 0 Å². The van der Waals surface area contributed by atoms with Crippen molar-refractivity contribution >= 4 is 23.3 Å². The summed E-state index contributed by atoms with van der Waals surface area (Å²) in [5.74, 6) is -2.52. The summed E-state index contributed by atoms with van der Waals surface area (Å²) in [4.78, 5) is 42.0. The number of amides is 1. The lowest BCUT2D eigenvalue weighted by molar-refractivity contribution is -0.386. The number of primary amides is 1. The van der Waals surface area contributed by atoms with E-state index in [-0.39, 0.29) is 18.5 Å². The Kier molecular flexibility index (Phi) is 6.12. The van der Waals surface area contributed by atoms with Crippen molar-refractivity contribution in [3.05, 3.63) is 43.0 Å². The third-order valence-electron chi connectivity index (χ3n) is 3.53. The van der Waals surface area contributed by atoms with Crippen LogP contribution in [0.1, 0.15) is 64.5 Å². The summed E-state index contributed by atoms with van der Waals surface area (Å²) in [6.45, 7) is 3.03. The first-order valence-corrected chi connectivity index (χ1v) is 8.41. The molecular formula is C16H23N7O7. The zero-order valence-electron chi connectivity index (χ0n) is 20.6. The number of carboxylic acids is 1. The Morgan fingerprint density at radius 2 is 1.37 bits per heavy atom. The van der Waals surface area contributed by atoms with Gasteiger partial charge in [-0.05, 0) is 12.7 Å². The molecule has 0 atom stereocenters. The van der Waals surface area contributed by atoms with E-state index in [9.17, 15) is 29.8 Å². The van der Waals surface area contributed by atoms with Crippen LogP contribution in [0.25, 0.3) is 0 Å². The highest BCUT2D eigenvalue weighted by Crippen LogP contribution is 2.24. The largest absolute Gasteiger partial charge is 0.476 e. The first-order chi connectivity index (χ1) is 15.4. The van der Waals surface area contributed by atoms with Gasteiger partial charge in [-0.2, -0.15) is 10.2 Å². The molecule has 2 aromatic heterocycles. The first kappa shape index (κ1) is 18.2. The van der Waals surface area contributed by atoms with E-state index < -0.39 is 62.9 Å². The predicted octanol–water partition coefficient (Wildman–Crippen LogP) is 1.36. The second-order valence-corrected chi connectivity index (χ2v) is 5.58. The molecule has 0 unspecified atom stereocenters. The van der Waals surface area contributed by atoms with Crippen LogP contribution in [0.4, 0.5) is 11.4 Å². The number of rotatable bonds is 8. The lowest BCUT2D eigenvalue weighted by Crippen LogP contribution is -2.17. The van der Waals surface area contributed by atoms with E-state index in [1.165, 1.54) is 27.9 Å². The van der Waals surface area contributed by atoms with Crippen LogP contribution in [0.5, 0.6) is 0 Å². The number of aromatic nitrogens is 4. The normalized spacial score (nSPS) is 13.2. The Bertz CT molecular complexity index is 1060. The summed E-state index contributed by atoms with van der Waals surface area (Å²) in [7, 11) is 2.54. The van der Waals surface area contributed by atoms with Crippen molar-refractivity contribution in [1.82, 2.24) is 19.6 Å². The topological polar surface area (TPSA) is 202 Å². The average molecular weight is 429 g/mol. The smallest absolute Gasteiger partial charge is 0.361 e. The van der Waals surface area contributed by atoms with E-state index in [2.05, 4.69) is 10.2 Å². The van der Waals surface area contributed by atoms with Gasteiger partial charge in [0, 0.05) is 19.6 Å². The summed E-state index contributed by atoms with van der Waals surface area (Å²) in [5, 5.41) is 37.9. The van der Waals surface area contributed by atoms with Crippen molar-refractivity contribution in [2.45, 2.75) is 39.4 Å². The molecule has 0 bridgehead atoms. The molecule has 164 valence electrons. The minimum Gasteiger partial charge on any atom is -0.476 e. The fraction of sp³-hybridized carbons (Fsp3) is 0.500. The monoisotopic (exact) mass is 429 g/mol. The van der Waals surface area contributed by atoms with Crippen LogP contribution in [0.3, 0.4) is 0 Å². The number of carbonyl (C=O) groups excluding carboxylic acids is 1. The van der Waals surface area contributed by atoms with E-state index >= 15 is 0 Å². The van der Waals surface area contributed by atoms with Gasteiger partial charge in [0.2, 0.25) is 11.4 Å². The number of aryl methyl sites for hydroxylation is 4. The molecule has 0 saturated carbocycles. The number of aromatic carboxylic acids is 1. The molecule has 3 N–H and O–H groups in total. The molecule has 14 nitrogen and oxygen atoms in total. The minimum absolute atomic E-state index is 0.00303. The van der Waals surface area contributed by atoms with E-state index in [0.29, 0.717) is 0 Å². The highest BCUT2D eigenvalue weighted by molar-refractivity contribution is 5.95. The van der Waals surface area contributed by atoms with Gasteiger partial charge in [0.25, 0.3) is 5.91 Å². The molecule has 0 spiro atoms. The fourth-order valence-electron chi connectivity index (χ4n) is 2.46. The lowest BCUT2D eigenvalue weighted by Gasteiger charge is -1.94. The summed E-state index contributed by atoms with van der Waals surface area (Å²) in [5.41, 5.74) is 1.73. The van der Waals surface area contributed by atoms with Gasteiger partial charge in [0.05, 0.1) is 9.85 Å². The van der Waals surface area contributed by atoms with Crippen molar-refractivity contribution in [3.63, 3.8) is 0 Å². The number of nitrogens with zero attached hydrogens (tertiary/aromatic N) is 6. The minimum atomic E-state index is -2.03. The fourth-order valence-corrected chi connectivity index (χ4v) is 2.46. The Balaban J connectivity index is 0.000000340. The number of hydrogen-bond acceptors (Lipinski definition) is 8. The van der Waals surface area contributed by atoms with E-state index in [1.54, 1.807) is 0 Å².